The second-order valence-electron chi connectivity index (χ2n) is 6.71. The zero-order valence-corrected chi connectivity index (χ0v) is 13.2. The van der Waals surface area contributed by atoms with Gasteiger partial charge >= 0.3 is 0 Å². The van der Waals surface area contributed by atoms with Crippen molar-refractivity contribution in [3.8, 4) is 0 Å². The summed E-state index contributed by atoms with van der Waals surface area (Å²) in [6, 6.07) is 8.19. The molecule has 2 aromatic rings. The number of fused-ring (bicyclic) bond motifs is 1. The van der Waals surface area contributed by atoms with E-state index >= 15 is 0 Å². The fraction of sp³-hybridized carbons (Fsp3) is 0.611. The van der Waals surface area contributed by atoms with Crippen LogP contribution < -0.4 is 0 Å². The van der Waals surface area contributed by atoms with Crippen LogP contribution >= 0.6 is 0 Å². The van der Waals surface area contributed by atoms with Crippen molar-refractivity contribution >= 4 is 11.0 Å². The summed E-state index contributed by atoms with van der Waals surface area (Å²) in [6.45, 7) is 2.25. The SMILES string of the molecule is CCCC1CCC(O)(Cc2nc3ccccc3n2C)CC1. The third-order valence-electron chi connectivity index (χ3n) is 5.10. The van der Waals surface area contributed by atoms with Crippen molar-refractivity contribution in [1.82, 2.24) is 9.55 Å². The summed E-state index contributed by atoms with van der Waals surface area (Å²) < 4.78 is 2.13. The number of hydrogen-bond donors (Lipinski definition) is 1. The van der Waals surface area contributed by atoms with E-state index in [1.54, 1.807) is 0 Å². The first-order valence-electron chi connectivity index (χ1n) is 8.24. The third kappa shape index (κ3) is 2.98. The average molecular weight is 286 g/mol. The minimum absolute atomic E-state index is 0.556. The van der Waals surface area contributed by atoms with Crippen molar-refractivity contribution in [2.75, 3.05) is 0 Å². The molecule has 1 aliphatic rings. The summed E-state index contributed by atoms with van der Waals surface area (Å²) in [6.07, 6.45) is 7.40. The van der Waals surface area contributed by atoms with Crippen LogP contribution in [0.5, 0.6) is 0 Å². The van der Waals surface area contributed by atoms with Crippen LogP contribution in [-0.4, -0.2) is 20.3 Å². The lowest BCUT2D eigenvalue weighted by molar-refractivity contribution is -0.0118. The molecule has 0 amide bonds. The highest BCUT2D eigenvalue weighted by atomic mass is 16.3. The Morgan fingerprint density at radius 1 is 1.29 bits per heavy atom. The molecule has 1 N–H and O–H groups in total. The van der Waals surface area contributed by atoms with Gasteiger partial charge in [0.1, 0.15) is 5.82 Å². The highest BCUT2D eigenvalue weighted by molar-refractivity contribution is 5.75. The molecule has 0 unspecified atom stereocenters. The van der Waals surface area contributed by atoms with E-state index in [1.165, 1.54) is 12.8 Å². The van der Waals surface area contributed by atoms with Gasteiger partial charge in [0.15, 0.2) is 0 Å². The van der Waals surface area contributed by atoms with Gasteiger partial charge in [-0.3, -0.25) is 0 Å². The Kier molecular flexibility index (Phi) is 4.03. The molecule has 0 atom stereocenters. The minimum Gasteiger partial charge on any atom is -0.389 e. The molecule has 1 aliphatic carbocycles. The van der Waals surface area contributed by atoms with Gasteiger partial charge in [-0.25, -0.2) is 4.98 Å². The Labute approximate surface area is 127 Å². The van der Waals surface area contributed by atoms with Crippen molar-refractivity contribution in [2.45, 2.75) is 57.5 Å². The van der Waals surface area contributed by atoms with E-state index in [-0.39, 0.29) is 0 Å². The van der Waals surface area contributed by atoms with Crippen LogP contribution in [-0.2, 0) is 13.5 Å². The number of aliphatic hydroxyl groups is 1. The van der Waals surface area contributed by atoms with Crippen LogP contribution in [0, 0.1) is 5.92 Å². The van der Waals surface area contributed by atoms with Gasteiger partial charge in [-0.2, -0.15) is 0 Å². The molecular weight excluding hydrogens is 260 g/mol. The molecule has 1 saturated carbocycles. The maximum Gasteiger partial charge on any atom is 0.112 e. The number of aryl methyl sites for hydroxylation is 1. The molecule has 0 aliphatic heterocycles. The van der Waals surface area contributed by atoms with Crippen molar-refractivity contribution in [1.29, 1.82) is 0 Å². The maximum atomic E-state index is 10.9. The van der Waals surface area contributed by atoms with Crippen molar-refractivity contribution in [2.24, 2.45) is 13.0 Å². The van der Waals surface area contributed by atoms with E-state index in [4.69, 9.17) is 4.98 Å². The smallest absolute Gasteiger partial charge is 0.112 e. The van der Waals surface area contributed by atoms with Crippen LogP contribution in [0.3, 0.4) is 0 Å². The van der Waals surface area contributed by atoms with Crippen molar-refractivity contribution < 1.29 is 5.11 Å². The predicted octanol–water partition coefficient (Wildman–Crippen LogP) is 3.84. The zero-order valence-electron chi connectivity index (χ0n) is 13.2. The molecule has 0 radical (unpaired) electrons. The standard InChI is InChI=1S/C18H26N2O/c1-3-6-14-9-11-18(21,12-10-14)13-17-19-15-7-4-5-8-16(15)20(17)2/h4-5,7-8,14,21H,3,6,9-13H2,1-2H3. The summed E-state index contributed by atoms with van der Waals surface area (Å²) in [5.41, 5.74) is 1.62. The molecule has 0 bridgehead atoms. The number of imidazole rings is 1. The molecule has 1 aromatic carbocycles. The fourth-order valence-corrected chi connectivity index (χ4v) is 3.74. The van der Waals surface area contributed by atoms with Crippen LogP contribution in [0.1, 0.15) is 51.3 Å². The molecule has 3 heteroatoms. The quantitative estimate of drug-likeness (QED) is 0.927. The van der Waals surface area contributed by atoms with E-state index < -0.39 is 5.60 Å². The molecular formula is C18H26N2O. The molecule has 114 valence electrons. The molecule has 0 spiro atoms. The predicted molar refractivity (Wildman–Crippen MR) is 86.2 cm³/mol. The molecule has 3 rings (SSSR count). The van der Waals surface area contributed by atoms with Gasteiger partial charge in [0.25, 0.3) is 0 Å². The first kappa shape index (κ1) is 14.6. The van der Waals surface area contributed by atoms with E-state index in [9.17, 15) is 5.11 Å². The van der Waals surface area contributed by atoms with Gasteiger partial charge in [0, 0.05) is 13.5 Å². The van der Waals surface area contributed by atoms with Gasteiger partial charge in [-0.05, 0) is 43.7 Å². The minimum atomic E-state index is -0.556. The van der Waals surface area contributed by atoms with E-state index in [1.807, 2.05) is 18.2 Å². The second-order valence-corrected chi connectivity index (χ2v) is 6.71. The molecule has 3 nitrogen and oxygen atoms in total. The first-order valence-corrected chi connectivity index (χ1v) is 8.24. The van der Waals surface area contributed by atoms with Crippen LogP contribution in [0.4, 0.5) is 0 Å². The van der Waals surface area contributed by atoms with Gasteiger partial charge in [0.05, 0.1) is 16.6 Å². The Morgan fingerprint density at radius 2 is 2.00 bits per heavy atom. The second kappa shape index (κ2) is 5.80. The Bertz CT molecular complexity index is 609. The van der Waals surface area contributed by atoms with Gasteiger partial charge in [-0.1, -0.05) is 31.9 Å². The largest absolute Gasteiger partial charge is 0.389 e. The summed E-state index contributed by atoms with van der Waals surface area (Å²) in [5, 5.41) is 10.9. The molecule has 1 fully saturated rings. The maximum absolute atomic E-state index is 10.9. The highest BCUT2D eigenvalue weighted by Crippen LogP contribution is 2.36. The van der Waals surface area contributed by atoms with Gasteiger partial charge in [-0.15, -0.1) is 0 Å². The third-order valence-corrected chi connectivity index (χ3v) is 5.10. The Morgan fingerprint density at radius 3 is 2.67 bits per heavy atom. The number of hydrogen-bond acceptors (Lipinski definition) is 2. The summed E-state index contributed by atoms with van der Waals surface area (Å²) in [4.78, 5) is 4.71. The summed E-state index contributed by atoms with van der Waals surface area (Å²) in [7, 11) is 2.05. The molecule has 1 heterocycles. The van der Waals surface area contributed by atoms with Gasteiger partial charge < -0.3 is 9.67 Å². The Hall–Kier alpha value is -1.35. The number of aromatic nitrogens is 2. The van der Waals surface area contributed by atoms with Crippen molar-refractivity contribution in [3.05, 3.63) is 30.1 Å². The zero-order chi connectivity index (χ0) is 14.9. The molecule has 1 aromatic heterocycles. The lowest BCUT2D eigenvalue weighted by Gasteiger charge is -2.35. The number of para-hydroxylation sites is 2. The highest BCUT2D eigenvalue weighted by Gasteiger charge is 2.34. The van der Waals surface area contributed by atoms with Crippen LogP contribution in [0.25, 0.3) is 11.0 Å². The topological polar surface area (TPSA) is 38.1 Å². The van der Waals surface area contributed by atoms with E-state index in [2.05, 4.69) is 24.6 Å². The average Bonchev–Trinajstić information content (AvgIpc) is 2.79. The van der Waals surface area contributed by atoms with E-state index in [0.717, 1.165) is 48.5 Å². The van der Waals surface area contributed by atoms with E-state index in [0.29, 0.717) is 6.42 Å². The van der Waals surface area contributed by atoms with Crippen LogP contribution in [0.15, 0.2) is 24.3 Å². The summed E-state index contributed by atoms with van der Waals surface area (Å²) >= 11 is 0. The van der Waals surface area contributed by atoms with Crippen LogP contribution in [0.2, 0.25) is 0 Å². The van der Waals surface area contributed by atoms with Gasteiger partial charge in [0.2, 0.25) is 0 Å². The first-order chi connectivity index (χ1) is 10.1. The molecule has 21 heavy (non-hydrogen) atoms. The molecule has 0 saturated heterocycles. The lowest BCUT2D eigenvalue weighted by Crippen LogP contribution is -2.37. The fourth-order valence-electron chi connectivity index (χ4n) is 3.74. The number of nitrogens with zero attached hydrogens (tertiary/aromatic N) is 2. The summed E-state index contributed by atoms with van der Waals surface area (Å²) in [5.74, 6) is 1.82. The number of rotatable bonds is 4. The number of benzene rings is 1. The van der Waals surface area contributed by atoms with Crippen molar-refractivity contribution in [3.63, 3.8) is 0 Å². The monoisotopic (exact) mass is 286 g/mol. The Balaban J connectivity index is 1.74. The normalized spacial score (nSPS) is 26.3. The lowest BCUT2D eigenvalue weighted by atomic mass is 9.75.